The molecular weight excluding hydrogens is 390 g/mol. The third-order valence-corrected chi connectivity index (χ3v) is 5.41. The highest BCUT2D eigenvalue weighted by molar-refractivity contribution is 5.93. The molecule has 0 spiro atoms. The molecule has 2 aromatic rings. The van der Waals surface area contributed by atoms with Crippen LogP contribution in [0.15, 0.2) is 24.3 Å². The average molecular weight is 422 g/mol. The van der Waals surface area contributed by atoms with Gasteiger partial charge in [-0.15, -0.1) is 17.5 Å². The standard InChI is InChI=1S/C21H31N5O2.ClH/c1-14-19(24-25-26(14)17-9-11-22-12-10-17)20(28)23-13-18(27)15-5-7-16(8-6-15)21(2,3)4;/h5-8,17-18,22,27H,9-13H2,1-4H3,(H,23,28);1H. The quantitative estimate of drug-likeness (QED) is 0.690. The predicted molar refractivity (Wildman–Crippen MR) is 116 cm³/mol. The fourth-order valence-corrected chi connectivity index (χ4v) is 3.54. The Kier molecular flexibility index (Phi) is 7.80. The van der Waals surface area contributed by atoms with Crippen molar-refractivity contribution in [3.8, 4) is 0 Å². The van der Waals surface area contributed by atoms with Crippen LogP contribution >= 0.6 is 12.4 Å². The molecule has 1 aromatic heterocycles. The summed E-state index contributed by atoms with van der Waals surface area (Å²) in [6.45, 7) is 10.4. The summed E-state index contributed by atoms with van der Waals surface area (Å²) >= 11 is 0. The van der Waals surface area contributed by atoms with Crippen LogP contribution in [-0.4, -0.2) is 45.6 Å². The molecule has 1 amide bonds. The minimum atomic E-state index is -0.766. The molecular formula is C21H32ClN5O2. The number of hydrogen-bond donors (Lipinski definition) is 3. The minimum absolute atomic E-state index is 0. The molecule has 1 unspecified atom stereocenters. The van der Waals surface area contributed by atoms with E-state index < -0.39 is 6.10 Å². The van der Waals surface area contributed by atoms with Crippen LogP contribution in [0, 0.1) is 6.92 Å². The van der Waals surface area contributed by atoms with Crippen molar-refractivity contribution < 1.29 is 9.90 Å². The van der Waals surface area contributed by atoms with E-state index in [0.717, 1.165) is 37.2 Å². The van der Waals surface area contributed by atoms with Crippen molar-refractivity contribution in [1.29, 1.82) is 0 Å². The molecule has 3 N–H and O–H groups in total. The Balaban J connectivity index is 0.00000300. The van der Waals surface area contributed by atoms with E-state index in [2.05, 4.69) is 41.7 Å². The molecule has 0 bridgehead atoms. The lowest BCUT2D eigenvalue weighted by molar-refractivity contribution is 0.0910. The third kappa shape index (κ3) is 5.56. The summed E-state index contributed by atoms with van der Waals surface area (Å²) in [6, 6.07) is 8.15. The number of halogens is 1. The zero-order valence-corrected chi connectivity index (χ0v) is 18.4. The monoisotopic (exact) mass is 421 g/mol. The second-order valence-electron chi connectivity index (χ2n) is 8.55. The van der Waals surface area contributed by atoms with Crippen molar-refractivity contribution in [2.24, 2.45) is 0 Å². The molecule has 0 radical (unpaired) electrons. The van der Waals surface area contributed by atoms with Gasteiger partial charge in [0, 0.05) is 6.54 Å². The van der Waals surface area contributed by atoms with E-state index in [-0.39, 0.29) is 36.3 Å². The summed E-state index contributed by atoms with van der Waals surface area (Å²) in [5, 5.41) is 24.8. The number of nitrogens with one attached hydrogen (secondary N) is 2. The number of carbonyl (C=O) groups is 1. The van der Waals surface area contributed by atoms with E-state index in [4.69, 9.17) is 0 Å². The van der Waals surface area contributed by atoms with Gasteiger partial charge in [-0.3, -0.25) is 4.79 Å². The molecule has 3 rings (SSSR count). The van der Waals surface area contributed by atoms with Gasteiger partial charge in [0.1, 0.15) is 0 Å². The molecule has 8 heteroatoms. The van der Waals surface area contributed by atoms with Crippen LogP contribution in [0.4, 0.5) is 0 Å². The van der Waals surface area contributed by atoms with Crippen molar-refractivity contribution in [2.45, 2.75) is 58.1 Å². The molecule has 1 atom stereocenters. The molecule has 0 saturated carbocycles. The maximum Gasteiger partial charge on any atom is 0.273 e. The number of carbonyl (C=O) groups excluding carboxylic acids is 1. The number of aliphatic hydroxyl groups excluding tert-OH is 1. The SMILES string of the molecule is Cc1c(C(=O)NCC(O)c2ccc(C(C)(C)C)cc2)nnn1C1CCNCC1.Cl. The van der Waals surface area contributed by atoms with E-state index in [0.29, 0.717) is 5.69 Å². The Bertz CT molecular complexity index is 807. The number of aromatic nitrogens is 3. The number of rotatable bonds is 5. The molecule has 1 aromatic carbocycles. The number of nitrogens with zero attached hydrogens (tertiary/aromatic N) is 3. The maximum absolute atomic E-state index is 12.5. The summed E-state index contributed by atoms with van der Waals surface area (Å²) in [6.07, 6.45) is 1.20. The van der Waals surface area contributed by atoms with Crippen molar-refractivity contribution in [3.05, 3.63) is 46.8 Å². The first-order valence-electron chi connectivity index (χ1n) is 9.96. The summed E-state index contributed by atoms with van der Waals surface area (Å²) < 4.78 is 1.86. The molecule has 160 valence electrons. The van der Waals surface area contributed by atoms with Crippen molar-refractivity contribution >= 4 is 18.3 Å². The van der Waals surface area contributed by atoms with Gasteiger partial charge in [0.05, 0.1) is 17.8 Å². The van der Waals surface area contributed by atoms with Gasteiger partial charge in [-0.2, -0.15) is 0 Å². The Morgan fingerprint density at radius 2 is 1.90 bits per heavy atom. The first-order valence-corrected chi connectivity index (χ1v) is 9.96. The normalized spacial score (nSPS) is 16.2. The van der Waals surface area contributed by atoms with Gasteiger partial charge in [-0.05, 0) is 49.4 Å². The lowest BCUT2D eigenvalue weighted by Crippen LogP contribution is -2.31. The predicted octanol–water partition coefficient (Wildman–Crippen LogP) is 2.69. The summed E-state index contributed by atoms with van der Waals surface area (Å²) in [5.41, 5.74) is 3.15. The van der Waals surface area contributed by atoms with Crippen LogP contribution in [0.5, 0.6) is 0 Å². The summed E-state index contributed by atoms with van der Waals surface area (Å²) in [5.74, 6) is -0.303. The Hall–Kier alpha value is -1.96. The van der Waals surface area contributed by atoms with E-state index in [1.807, 2.05) is 35.9 Å². The van der Waals surface area contributed by atoms with Gasteiger partial charge >= 0.3 is 0 Å². The van der Waals surface area contributed by atoms with Crippen LogP contribution < -0.4 is 10.6 Å². The molecule has 1 fully saturated rings. The van der Waals surface area contributed by atoms with Gasteiger partial charge in [0.25, 0.3) is 5.91 Å². The average Bonchev–Trinajstić information content (AvgIpc) is 3.07. The van der Waals surface area contributed by atoms with Crippen molar-refractivity contribution in [2.75, 3.05) is 19.6 Å². The summed E-state index contributed by atoms with van der Waals surface area (Å²) in [7, 11) is 0. The van der Waals surface area contributed by atoms with Crippen LogP contribution in [0.3, 0.4) is 0 Å². The lowest BCUT2D eigenvalue weighted by atomic mass is 9.86. The molecule has 7 nitrogen and oxygen atoms in total. The first kappa shape index (κ1) is 23.3. The topological polar surface area (TPSA) is 92.1 Å². The van der Waals surface area contributed by atoms with Crippen LogP contribution in [0.25, 0.3) is 0 Å². The third-order valence-electron chi connectivity index (χ3n) is 5.41. The van der Waals surface area contributed by atoms with Crippen LogP contribution in [-0.2, 0) is 5.41 Å². The largest absolute Gasteiger partial charge is 0.387 e. The number of hydrogen-bond acceptors (Lipinski definition) is 5. The van der Waals surface area contributed by atoms with Gasteiger partial charge in [0.15, 0.2) is 5.69 Å². The number of benzene rings is 1. The fourth-order valence-electron chi connectivity index (χ4n) is 3.54. The second-order valence-corrected chi connectivity index (χ2v) is 8.55. The first-order chi connectivity index (χ1) is 13.3. The Morgan fingerprint density at radius 1 is 1.28 bits per heavy atom. The highest BCUT2D eigenvalue weighted by Gasteiger charge is 2.23. The molecule has 2 heterocycles. The molecule has 0 aliphatic carbocycles. The van der Waals surface area contributed by atoms with Crippen molar-refractivity contribution in [1.82, 2.24) is 25.6 Å². The van der Waals surface area contributed by atoms with Gasteiger partial charge in [0.2, 0.25) is 0 Å². The Morgan fingerprint density at radius 3 is 2.48 bits per heavy atom. The minimum Gasteiger partial charge on any atom is -0.387 e. The van der Waals surface area contributed by atoms with E-state index in [9.17, 15) is 9.90 Å². The molecule has 1 aliphatic rings. The number of piperidine rings is 1. The van der Waals surface area contributed by atoms with Crippen LogP contribution in [0.2, 0.25) is 0 Å². The van der Waals surface area contributed by atoms with Crippen molar-refractivity contribution in [3.63, 3.8) is 0 Å². The fraction of sp³-hybridized carbons (Fsp3) is 0.571. The maximum atomic E-state index is 12.5. The Labute approximate surface area is 178 Å². The molecule has 1 saturated heterocycles. The highest BCUT2D eigenvalue weighted by Crippen LogP contribution is 2.24. The summed E-state index contributed by atoms with van der Waals surface area (Å²) in [4.78, 5) is 12.5. The van der Waals surface area contributed by atoms with Gasteiger partial charge < -0.3 is 15.7 Å². The number of aliphatic hydroxyl groups is 1. The zero-order chi connectivity index (χ0) is 20.3. The van der Waals surface area contributed by atoms with Crippen LogP contribution in [0.1, 0.15) is 73.1 Å². The number of amides is 1. The second kappa shape index (κ2) is 9.69. The highest BCUT2D eigenvalue weighted by atomic mass is 35.5. The van der Waals surface area contributed by atoms with E-state index in [1.165, 1.54) is 5.56 Å². The van der Waals surface area contributed by atoms with E-state index in [1.54, 1.807) is 0 Å². The molecule has 1 aliphatic heterocycles. The lowest BCUT2D eigenvalue weighted by Gasteiger charge is -2.23. The smallest absolute Gasteiger partial charge is 0.273 e. The van der Waals surface area contributed by atoms with E-state index >= 15 is 0 Å². The zero-order valence-electron chi connectivity index (χ0n) is 17.6. The molecule has 29 heavy (non-hydrogen) atoms. The van der Waals surface area contributed by atoms with Gasteiger partial charge in [-0.25, -0.2) is 4.68 Å². The van der Waals surface area contributed by atoms with Gasteiger partial charge in [-0.1, -0.05) is 50.3 Å².